The van der Waals surface area contributed by atoms with E-state index in [2.05, 4.69) is 36.5 Å². The van der Waals surface area contributed by atoms with Crippen molar-refractivity contribution in [3.63, 3.8) is 0 Å². The van der Waals surface area contributed by atoms with Crippen molar-refractivity contribution in [1.82, 2.24) is 5.32 Å². The summed E-state index contributed by atoms with van der Waals surface area (Å²) >= 11 is 6.10. The molecular weight excluding hydrogens is 282 g/mol. The highest BCUT2D eigenvalue weighted by atomic mass is 35.5. The van der Waals surface area contributed by atoms with Gasteiger partial charge in [0.25, 0.3) is 0 Å². The van der Waals surface area contributed by atoms with Crippen LogP contribution in [0.5, 0.6) is 0 Å². The van der Waals surface area contributed by atoms with Crippen molar-refractivity contribution in [2.24, 2.45) is 0 Å². The van der Waals surface area contributed by atoms with Crippen LogP contribution in [0, 0.1) is 0 Å². The summed E-state index contributed by atoms with van der Waals surface area (Å²) in [7, 11) is 0. The second-order valence-corrected chi connectivity index (χ2v) is 5.41. The average molecular weight is 304 g/mol. The van der Waals surface area contributed by atoms with Crippen LogP contribution in [0.3, 0.4) is 0 Å². The fraction of sp³-hybridized carbons (Fsp3) is 0.333. The van der Waals surface area contributed by atoms with Crippen molar-refractivity contribution >= 4 is 11.6 Å². The van der Waals surface area contributed by atoms with Gasteiger partial charge in [0.2, 0.25) is 0 Å². The van der Waals surface area contributed by atoms with Crippen LogP contribution in [0.1, 0.15) is 23.6 Å². The van der Waals surface area contributed by atoms with Gasteiger partial charge in [-0.1, -0.05) is 61.0 Å². The maximum Gasteiger partial charge on any atom is 0.0735 e. The van der Waals surface area contributed by atoms with Crippen LogP contribution in [0.15, 0.2) is 48.5 Å². The highest BCUT2D eigenvalue weighted by Crippen LogP contribution is 2.16. The predicted molar refractivity (Wildman–Crippen MR) is 88.6 cm³/mol. The molecule has 2 aromatic rings. The minimum Gasteiger partial charge on any atom is -0.372 e. The molecule has 2 nitrogen and oxygen atoms in total. The number of nitrogens with one attached hydrogen (secondary N) is 1. The lowest BCUT2D eigenvalue weighted by Crippen LogP contribution is -2.15. The van der Waals surface area contributed by atoms with Gasteiger partial charge in [0.05, 0.1) is 13.2 Å². The van der Waals surface area contributed by atoms with Crippen LogP contribution in [0.2, 0.25) is 5.02 Å². The molecule has 0 aromatic heterocycles. The van der Waals surface area contributed by atoms with Crippen LogP contribution < -0.4 is 5.32 Å². The van der Waals surface area contributed by atoms with E-state index in [9.17, 15) is 0 Å². The molecule has 0 bridgehead atoms. The molecule has 0 radical (unpaired) electrons. The Morgan fingerprint density at radius 1 is 0.952 bits per heavy atom. The molecule has 0 heterocycles. The molecule has 2 rings (SSSR count). The third-order valence-corrected chi connectivity index (χ3v) is 3.72. The Labute approximate surface area is 132 Å². The fourth-order valence-corrected chi connectivity index (χ4v) is 2.30. The van der Waals surface area contributed by atoms with Crippen molar-refractivity contribution in [1.29, 1.82) is 0 Å². The van der Waals surface area contributed by atoms with E-state index in [4.69, 9.17) is 16.3 Å². The summed E-state index contributed by atoms with van der Waals surface area (Å²) < 4.78 is 5.73. The van der Waals surface area contributed by atoms with Crippen LogP contribution in [0.25, 0.3) is 0 Å². The molecule has 0 aliphatic rings. The predicted octanol–water partition coefficient (Wildman–Crippen LogP) is 4.21. The normalized spacial score (nSPS) is 10.8. The summed E-state index contributed by atoms with van der Waals surface area (Å²) in [4.78, 5) is 0. The van der Waals surface area contributed by atoms with E-state index in [1.807, 2.05) is 24.3 Å². The number of hydrogen-bond donors (Lipinski definition) is 1. The first kappa shape index (κ1) is 16.0. The number of ether oxygens (including phenoxy) is 1. The minimum absolute atomic E-state index is 0.543. The topological polar surface area (TPSA) is 21.3 Å². The van der Waals surface area contributed by atoms with Gasteiger partial charge in [-0.15, -0.1) is 0 Å². The van der Waals surface area contributed by atoms with Gasteiger partial charge in [0.1, 0.15) is 0 Å². The standard InChI is InChI=1S/C18H22ClNO/c1-2-20-12-11-15-7-9-16(10-8-15)13-21-14-17-5-3-4-6-18(17)19/h3-10,20H,2,11-14H2,1H3. The summed E-state index contributed by atoms with van der Waals surface area (Å²) in [5.74, 6) is 0. The van der Waals surface area contributed by atoms with E-state index in [0.29, 0.717) is 13.2 Å². The molecule has 112 valence electrons. The van der Waals surface area contributed by atoms with Gasteiger partial charge < -0.3 is 10.1 Å². The number of likely N-dealkylation sites (N-methyl/N-ethyl adjacent to an activating group) is 1. The van der Waals surface area contributed by atoms with E-state index < -0.39 is 0 Å². The summed E-state index contributed by atoms with van der Waals surface area (Å²) in [6.07, 6.45) is 1.06. The Bertz CT molecular complexity index is 539. The van der Waals surface area contributed by atoms with Gasteiger partial charge in [0.15, 0.2) is 0 Å². The minimum atomic E-state index is 0.543. The van der Waals surface area contributed by atoms with Gasteiger partial charge in [-0.2, -0.15) is 0 Å². The third-order valence-electron chi connectivity index (χ3n) is 3.35. The van der Waals surface area contributed by atoms with Crippen LogP contribution in [-0.2, 0) is 24.4 Å². The lowest BCUT2D eigenvalue weighted by molar-refractivity contribution is 0.107. The third kappa shape index (κ3) is 5.50. The summed E-state index contributed by atoms with van der Waals surface area (Å²) in [6.45, 7) is 5.33. The Morgan fingerprint density at radius 3 is 2.38 bits per heavy atom. The van der Waals surface area contributed by atoms with Crippen molar-refractivity contribution in [3.8, 4) is 0 Å². The molecular formula is C18H22ClNO. The molecule has 0 atom stereocenters. The zero-order valence-corrected chi connectivity index (χ0v) is 13.2. The zero-order valence-electron chi connectivity index (χ0n) is 12.4. The molecule has 0 fully saturated rings. The van der Waals surface area contributed by atoms with E-state index in [-0.39, 0.29) is 0 Å². The summed E-state index contributed by atoms with van der Waals surface area (Å²) in [5, 5.41) is 4.09. The van der Waals surface area contributed by atoms with Crippen molar-refractivity contribution < 1.29 is 4.74 Å². The molecule has 3 heteroatoms. The number of halogens is 1. The van der Waals surface area contributed by atoms with Gasteiger partial charge >= 0.3 is 0 Å². The molecule has 1 N–H and O–H groups in total. The van der Waals surface area contributed by atoms with E-state index in [0.717, 1.165) is 30.1 Å². The zero-order chi connectivity index (χ0) is 14.9. The summed E-state index contributed by atoms with van der Waals surface area (Å²) in [6, 6.07) is 16.4. The van der Waals surface area contributed by atoms with Gasteiger partial charge in [0, 0.05) is 5.02 Å². The maximum absolute atomic E-state index is 6.10. The monoisotopic (exact) mass is 303 g/mol. The molecule has 0 saturated heterocycles. The maximum atomic E-state index is 6.10. The highest BCUT2D eigenvalue weighted by molar-refractivity contribution is 6.31. The molecule has 0 aliphatic carbocycles. The van der Waals surface area contributed by atoms with Crippen LogP contribution in [-0.4, -0.2) is 13.1 Å². The number of rotatable bonds is 8. The van der Waals surface area contributed by atoms with Crippen molar-refractivity contribution in [3.05, 3.63) is 70.2 Å². The Hall–Kier alpha value is -1.35. The molecule has 0 spiro atoms. The van der Waals surface area contributed by atoms with Crippen molar-refractivity contribution in [2.75, 3.05) is 13.1 Å². The van der Waals surface area contributed by atoms with Gasteiger partial charge in [-0.05, 0) is 42.3 Å². The van der Waals surface area contributed by atoms with Crippen molar-refractivity contribution in [2.45, 2.75) is 26.6 Å². The molecule has 21 heavy (non-hydrogen) atoms. The molecule has 0 unspecified atom stereocenters. The van der Waals surface area contributed by atoms with Gasteiger partial charge in [-0.25, -0.2) is 0 Å². The molecule has 0 aliphatic heterocycles. The quantitative estimate of drug-likeness (QED) is 0.738. The first-order valence-corrected chi connectivity index (χ1v) is 7.77. The lowest BCUT2D eigenvalue weighted by atomic mass is 10.1. The first-order chi connectivity index (χ1) is 10.3. The van der Waals surface area contributed by atoms with Crippen LogP contribution in [0.4, 0.5) is 0 Å². The SMILES string of the molecule is CCNCCc1ccc(COCc2ccccc2Cl)cc1. The Balaban J connectivity index is 1.77. The fourth-order valence-electron chi connectivity index (χ4n) is 2.11. The second-order valence-electron chi connectivity index (χ2n) is 5.00. The van der Waals surface area contributed by atoms with E-state index in [1.54, 1.807) is 0 Å². The number of benzene rings is 2. The Morgan fingerprint density at radius 2 is 1.67 bits per heavy atom. The largest absolute Gasteiger partial charge is 0.372 e. The number of hydrogen-bond acceptors (Lipinski definition) is 2. The summed E-state index contributed by atoms with van der Waals surface area (Å²) in [5.41, 5.74) is 3.57. The lowest BCUT2D eigenvalue weighted by Gasteiger charge is -2.07. The molecule has 0 saturated carbocycles. The second kappa shape index (κ2) is 8.83. The molecule has 2 aromatic carbocycles. The first-order valence-electron chi connectivity index (χ1n) is 7.39. The molecule has 0 amide bonds. The Kier molecular flexibility index (Phi) is 6.74. The van der Waals surface area contributed by atoms with E-state index >= 15 is 0 Å². The van der Waals surface area contributed by atoms with Crippen LogP contribution >= 0.6 is 11.6 Å². The van der Waals surface area contributed by atoms with Gasteiger partial charge in [-0.3, -0.25) is 0 Å². The highest BCUT2D eigenvalue weighted by Gasteiger charge is 2.00. The average Bonchev–Trinajstić information content (AvgIpc) is 2.51. The smallest absolute Gasteiger partial charge is 0.0735 e. The van der Waals surface area contributed by atoms with E-state index in [1.165, 1.54) is 11.1 Å².